The molecule has 1 saturated heterocycles. The van der Waals surface area contributed by atoms with Crippen molar-refractivity contribution in [1.82, 2.24) is 9.21 Å². The average molecular weight is 417 g/mol. The zero-order chi connectivity index (χ0) is 20.6. The highest BCUT2D eigenvalue weighted by Gasteiger charge is 2.36. The first-order valence-corrected chi connectivity index (χ1v) is 10.7. The molecule has 2 aromatic carbocycles. The van der Waals surface area contributed by atoms with Crippen LogP contribution in [0.2, 0.25) is 0 Å². The summed E-state index contributed by atoms with van der Waals surface area (Å²) < 4.78 is 40.6. The van der Waals surface area contributed by atoms with Crippen molar-refractivity contribution < 1.29 is 22.4 Å². The normalized spacial score (nSPS) is 20.1. The summed E-state index contributed by atoms with van der Waals surface area (Å²) in [4.78, 5) is 26.3. The lowest BCUT2D eigenvalue weighted by atomic mass is 9.89. The number of halogens is 1. The lowest BCUT2D eigenvalue weighted by molar-refractivity contribution is -0.136. The lowest BCUT2D eigenvalue weighted by Gasteiger charge is -2.36. The number of amides is 2. The van der Waals surface area contributed by atoms with Gasteiger partial charge in [0.25, 0.3) is 0 Å². The summed E-state index contributed by atoms with van der Waals surface area (Å²) in [6.45, 7) is 0.519. The summed E-state index contributed by atoms with van der Waals surface area (Å²) in [6, 6.07) is 12.4. The van der Waals surface area contributed by atoms with Gasteiger partial charge in [-0.1, -0.05) is 30.3 Å². The molecule has 1 atom stereocenters. The first-order chi connectivity index (χ1) is 13.9. The predicted octanol–water partition coefficient (Wildman–Crippen LogP) is 1.78. The first-order valence-electron chi connectivity index (χ1n) is 9.30. The summed E-state index contributed by atoms with van der Waals surface area (Å²) in [7, 11) is -3.97. The van der Waals surface area contributed by atoms with Gasteiger partial charge < -0.3 is 10.2 Å². The van der Waals surface area contributed by atoms with E-state index in [1.807, 2.05) is 12.1 Å². The van der Waals surface area contributed by atoms with Crippen LogP contribution in [0.4, 0.5) is 10.1 Å². The number of rotatable bonds is 3. The van der Waals surface area contributed by atoms with Crippen LogP contribution in [0, 0.1) is 5.82 Å². The maximum absolute atomic E-state index is 14.0. The minimum Gasteiger partial charge on any atom is -0.340 e. The zero-order valence-electron chi connectivity index (χ0n) is 15.5. The van der Waals surface area contributed by atoms with Crippen molar-refractivity contribution in [3.8, 4) is 0 Å². The molecule has 1 unspecified atom stereocenters. The molecular weight excluding hydrogens is 397 g/mol. The number of piperazine rings is 1. The molecule has 29 heavy (non-hydrogen) atoms. The van der Waals surface area contributed by atoms with Gasteiger partial charge in [0.15, 0.2) is 0 Å². The van der Waals surface area contributed by atoms with Crippen LogP contribution in [-0.2, 0) is 19.6 Å². The smallest absolute Gasteiger partial charge is 0.246 e. The van der Waals surface area contributed by atoms with E-state index in [-0.39, 0.29) is 49.3 Å². The van der Waals surface area contributed by atoms with Gasteiger partial charge in [0.1, 0.15) is 10.7 Å². The molecule has 0 aromatic heterocycles. The molecular formula is C20H20FN3O4S. The zero-order valence-corrected chi connectivity index (χ0v) is 16.4. The van der Waals surface area contributed by atoms with E-state index in [9.17, 15) is 22.4 Å². The Labute approximate surface area is 168 Å². The molecule has 2 aliphatic rings. The van der Waals surface area contributed by atoms with E-state index in [4.69, 9.17) is 0 Å². The van der Waals surface area contributed by atoms with Gasteiger partial charge in [-0.3, -0.25) is 9.59 Å². The summed E-state index contributed by atoms with van der Waals surface area (Å²) in [5, 5.41) is 2.77. The van der Waals surface area contributed by atoms with Crippen molar-refractivity contribution >= 4 is 27.5 Å². The molecule has 2 aromatic rings. The van der Waals surface area contributed by atoms with Crippen molar-refractivity contribution in [3.63, 3.8) is 0 Å². The van der Waals surface area contributed by atoms with E-state index in [1.54, 1.807) is 17.0 Å². The Bertz CT molecular complexity index is 1060. The van der Waals surface area contributed by atoms with Gasteiger partial charge in [0.05, 0.1) is 5.92 Å². The Hall–Kier alpha value is -2.78. The van der Waals surface area contributed by atoms with Crippen LogP contribution in [0.25, 0.3) is 0 Å². The van der Waals surface area contributed by atoms with Crippen LogP contribution in [0.3, 0.4) is 0 Å². The van der Waals surface area contributed by atoms with Gasteiger partial charge in [0, 0.05) is 38.3 Å². The summed E-state index contributed by atoms with van der Waals surface area (Å²) in [5.41, 5.74) is 1.39. The van der Waals surface area contributed by atoms with Gasteiger partial charge in [-0.05, 0) is 23.8 Å². The van der Waals surface area contributed by atoms with Crippen molar-refractivity contribution in [3.05, 3.63) is 59.9 Å². The number of hydrogen-bond acceptors (Lipinski definition) is 4. The highest BCUT2D eigenvalue weighted by molar-refractivity contribution is 7.89. The number of sulfonamides is 1. The fourth-order valence-corrected chi connectivity index (χ4v) is 5.28. The molecule has 2 heterocycles. The summed E-state index contributed by atoms with van der Waals surface area (Å²) >= 11 is 0. The molecule has 7 nitrogen and oxygen atoms in total. The lowest BCUT2D eigenvalue weighted by Crippen LogP contribution is -2.52. The topological polar surface area (TPSA) is 86.8 Å². The van der Waals surface area contributed by atoms with Crippen LogP contribution in [0.1, 0.15) is 17.9 Å². The van der Waals surface area contributed by atoms with Gasteiger partial charge in [0.2, 0.25) is 21.8 Å². The molecule has 152 valence electrons. The number of nitrogens with zero attached hydrogens (tertiary/aromatic N) is 2. The van der Waals surface area contributed by atoms with E-state index >= 15 is 0 Å². The van der Waals surface area contributed by atoms with Crippen molar-refractivity contribution in [2.24, 2.45) is 0 Å². The quantitative estimate of drug-likeness (QED) is 0.825. The maximum atomic E-state index is 14.0. The number of para-hydroxylation sites is 1. The average Bonchev–Trinajstić information content (AvgIpc) is 2.73. The second-order valence-electron chi connectivity index (χ2n) is 7.05. The SMILES string of the molecule is O=C1CC(C(=O)N2CCN(S(=O)(=O)c3ccccc3F)CC2)c2ccccc2N1. The number of carbonyl (C=O) groups excluding carboxylic acids is 2. The summed E-state index contributed by atoms with van der Waals surface area (Å²) in [5.74, 6) is -1.80. The minimum absolute atomic E-state index is 0.0591. The van der Waals surface area contributed by atoms with E-state index < -0.39 is 21.8 Å². The highest BCUT2D eigenvalue weighted by Crippen LogP contribution is 2.33. The molecule has 0 spiro atoms. The maximum Gasteiger partial charge on any atom is 0.246 e. The number of anilines is 1. The van der Waals surface area contributed by atoms with Crippen LogP contribution >= 0.6 is 0 Å². The fraction of sp³-hybridized carbons (Fsp3) is 0.300. The Morgan fingerprint density at radius 1 is 1.00 bits per heavy atom. The molecule has 0 saturated carbocycles. The third kappa shape index (κ3) is 3.63. The Balaban J connectivity index is 1.48. The van der Waals surface area contributed by atoms with Gasteiger partial charge in [-0.25, -0.2) is 12.8 Å². The summed E-state index contributed by atoms with van der Waals surface area (Å²) in [6.07, 6.45) is 0.0591. The fourth-order valence-electron chi connectivity index (χ4n) is 3.79. The van der Waals surface area contributed by atoms with Gasteiger partial charge in [-0.2, -0.15) is 4.31 Å². The third-order valence-electron chi connectivity index (χ3n) is 5.30. The molecule has 1 fully saturated rings. The van der Waals surface area contributed by atoms with E-state index in [1.165, 1.54) is 22.5 Å². The van der Waals surface area contributed by atoms with Crippen LogP contribution < -0.4 is 5.32 Å². The molecule has 0 aliphatic carbocycles. The molecule has 0 bridgehead atoms. The molecule has 0 radical (unpaired) electrons. The second-order valence-corrected chi connectivity index (χ2v) is 8.96. The van der Waals surface area contributed by atoms with Gasteiger partial charge in [-0.15, -0.1) is 0 Å². The predicted molar refractivity (Wildman–Crippen MR) is 104 cm³/mol. The second kappa shape index (κ2) is 7.57. The molecule has 9 heteroatoms. The van der Waals surface area contributed by atoms with Crippen LogP contribution in [0.5, 0.6) is 0 Å². The molecule has 4 rings (SSSR count). The van der Waals surface area contributed by atoms with E-state index in [2.05, 4.69) is 5.32 Å². The Morgan fingerprint density at radius 2 is 1.66 bits per heavy atom. The van der Waals surface area contributed by atoms with Gasteiger partial charge >= 0.3 is 0 Å². The minimum atomic E-state index is -3.97. The molecule has 2 aliphatic heterocycles. The largest absolute Gasteiger partial charge is 0.340 e. The van der Waals surface area contributed by atoms with E-state index in [0.717, 1.165) is 11.6 Å². The Morgan fingerprint density at radius 3 is 2.38 bits per heavy atom. The standard InChI is InChI=1S/C20H20FN3O4S/c21-16-6-2-4-8-18(16)29(27,28)24-11-9-23(10-12-24)20(26)15-13-19(25)22-17-7-3-1-5-14(15)17/h1-8,15H,9-13H2,(H,22,25). The van der Waals surface area contributed by atoms with Crippen molar-refractivity contribution in [1.29, 1.82) is 0 Å². The highest BCUT2D eigenvalue weighted by atomic mass is 32.2. The van der Waals surface area contributed by atoms with E-state index in [0.29, 0.717) is 5.69 Å². The monoisotopic (exact) mass is 417 g/mol. The number of nitrogens with one attached hydrogen (secondary N) is 1. The van der Waals surface area contributed by atoms with Crippen molar-refractivity contribution in [2.75, 3.05) is 31.5 Å². The molecule has 1 N–H and O–H groups in total. The Kier molecular flexibility index (Phi) is 5.10. The van der Waals surface area contributed by atoms with Crippen LogP contribution in [0.15, 0.2) is 53.4 Å². The number of benzene rings is 2. The van der Waals surface area contributed by atoms with Crippen molar-refractivity contribution in [2.45, 2.75) is 17.2 Å². The number of carbonyl (C=O) groups is 2. The van der Waals surface area contributed by atoms with Crippen LogP contribution in [-0.4, -0.2) is 55.6 Å². The third-order valence-corrected chi connectivity index (χ3v) is 7.23. The number of hydrogen-bond donors (Lipinski definition) is 1. The number of fused-ring (bicyclic) bond motifs is 1. The molecule has 2 amide bonds. The first kappa shape index (κ1) is 19.5.